The minimum atomic E-state index is -0.0658. The molecule has 0 saturated carbocycles. The van der Waals surface area contributed by atoms with E-state index in [1.165, 1.54) is 0 Å². The van der Waals surface area contributed by atoms with Crippen LogP contribution in [0.25, 0.3) is 6.08 Å². The van der Waals surface area contributed by atoms with E-state index in [-0.39, 0.29) is 17.9 Å². The number of aryl methyl sites for hydroxylation is 1. The Balaban J connectivity index is 1.56. The highest BCUT2D eigenvalue weighted by molar-refractivity contribution is 5.95. The second-order valence-corrected chi connectivity index (χ2v) is 7.89. The van der Waals surface area contributed by atoms with Crippen molar-refractivity contribution in [3.05, 3.63) is 65.2 Å². The number of benzene rings is 2. The number of hydrogen-bond acceptors (Lipinski definition) is 4. The van der Waals surface area contributed by atoms with Gasteiger partial charge in [0.2, 0.25) is 5.91 Å². The van der Waals surface area contributed by atoms with Crippen LogP contribution in [0.4, 0.5) is 0 Å². The Morgan fingerprint density at radius 2 is 1.58 bits per heavy atom. The lowest BCUT2D eigenvalue weighted by molar-refractivity contribution is -0.127. The first kappa shape index (κ1) is 22.4. The van der Waals surface area contributed by atoms with Gasteiger partial charge in [0.15, 0.2) is 11.5 Å². The predicted octanol–water partition coefficient (Wildman–Crippen LogP) is 3.79. The lowest BCUT2D eigenvalue weighted by Crippen LogP contribution is -2.50. The molecule has 1 heterocycles. The SMILES string of the molecule is COc1cc(/C=C/C(=O)N2CCN(C(=O)c3ccc(C)cc3)CC2)ccc1OC(C)C. The van der Waals surface area contributed by atoms with E-state index >= 15 is 0 Å². The highest BCUT2D eigenvalue weighted by Gasteiger charge is 2.23. The Hall–Kier alpha value is -3.28. The molecule has 164 valence electrons. The molecule has 1 saturated heterocycles. The number of hydrogen-bond donors (Lipinski definition) is 0. The number of methoxy groups -OCH3 is 1. The normalized spacial score (nSPS) is 14.2. The molecular formula is C25H30N2O4. The van der Waals surface area contributed by atoms with Gasteiger partial charge in [0, 0.05) is 37.8 Å². The molecule has 0 aromatic heterocycles. The molecule has 0 unspecified atom stereocenters. The number of ether oxygens (including phenoxy) is 2. The zero-order valence-electron chi connectivity index (χ0n) is 18.6. The van der Waals surface area contributed by atoms with Gasteiger partial charge in [-0.3, -0.25) is 9.59 Å². The maximum atomic E-state index is 12.6. The maximum Gasteiger partial charge on any atom is 0.253 e. The zero-order valence-corrected chi connectivity index (χ0v) is 18.6. The Morgan fingerprint density at radius 1 is 0.935 bits per heavy atom. The average molecular weight is 423 g/mol. The number of nitrogens with zero attached hydrogens (tertiary/aromatic N) is 2. The summed E-state index contributed by atoms with van der Waals surface area (Å²) in [5.74, 6) is 1.25. The summed E-state index contributed by atoms with van der Waals surface area (Å²) >= 11 is 0. The van der Waals surface area contributed by atoms with Crippen LogP contribution in [0.5, 0.6) is 11.5 Å². The molecule has 6 heteroatoms. The van der Waals surface area contributed by atoms with Gasteiger partial charge in [-0.15, -0.1) is 0 Å². The maximum absolute atomic E-state index is 12.6. The van der Waals surface area contributed by atoms with Crippen molar-refractivity contribution in [3.8, 4) is 11.5 Å². The monoisotopic (exact) mass is 422 g/mol. The van der Waals surface area contributed by atoms with Crippen LogP contribution in [0.1, 0.15) is 35.3 Å². The zero-order chi connectivity index (χ0) is 22.4. The Morgan fingerprint density at radius 3 is 2.19 bits per heavy atom. The smallest absolute Gasteiger partial charge is 0.253 e. The molecule has 0 radical (unpaired) electrons. The van der Waals surface area contributed by atoms with Gasteiger partial charge in [0.05, 0.1) is 13.2 Å². The molecular weight excluding hydrogens is 392 g/mol. The largest absolute Gasteiger partial charge is 0.493 e. The molecule has 31 heavy (non-hydrogen) atoms. The van der Waals surface area contributed by atoms with E-state index in [9.17, 15) is 9.59 Å². The quantitative estimate of drug-likeness (QED) is 0.665. The number of amides is 2. The van der Waals surface area contributed by atoms with Gasteiger partial charge in [-0.2, -0.15) is 0 Å². The third kappa shape index (κ3) is 5.87. The Bertz CT molecular complexity index is 942. The van der Waals surface area contributed by atoms with Crippen LogP contribution >= 0.6 is 0 Å². The van der Waals surface area contributed by atoms with E-state index in [0.29, 0.717) is 43.2 Å². The fraction of sp³-hybridized carbons (Fsp3) is 0.360. The first-order valence-corrected chi connectivity index (χ1v) is 10.5. The summed E-state index contributed by atoms with van der Waals surface area (Å²) in [6, 6.07) is 13.2. The fourth-order valence-corrected chi connectivity index (χ4v) is 3.42. The molecule has 0 bridgehead atoms. The van der Waals surface area contributed by atoms with E-state index in [4.69, 9.17) is 9.47 Å². The predicted molar refractivity (Wildman–Crippen MR) is 121 cm³/mol. The highest BCUT2D eigenvalue weighted by atomic mass is 16.5. The second kappa shape index (κ2) is 10.2. The molecule has 0 atom stereocenters. The van der Waals surface area contributed by atoms with Crippen LogP contribution in [0, 0.1) is 6.92 Å². The second-order valence-electron chi connectivity index (χ2n) is 7.89. The van der Waals surface area contributed by atoms with Gasteiger partial charge in [-0.1, -0.05) is 23.8 Å². The van der Waals surface area contributed by atoms with Crippen molar-refractivity contribution >= 4 is 17.9 Å². The number of piperazine rings is 1. The van der Waals surface area contributed by atoms with Crippen LogP contribution in [0.15, 0.2) is 48.5 Å². The third-order valence-electron chi connectivity index (χ3n) is 5.15. The number of rotatable bonds is 6. The molecule has 6 nitrogen and oxygen atoms in total. The number of carbonyl (C=O) groups excluding carboxylic acids is 2. The van der Waals surface area contributed by atoms with E-state index in [0.717, 1.165) is 11.1 Å². The minimum absolute atomic E-state index is 0.0124. The average Bonchev–Trinajstić information content (AvgIpc) is 2.78. The van der Waals surface area contributed by atoms with E-state index in [2.05, 4.69) is 0 Å². The van der Waals surface area contributed by atoms with Gasteiger partial charge < -0.3 is 19.3 Å². The molecule has 0 spiro atoms. The number of carbonyl (C=O) groups is 2. The van der Waals surface area contributed by atoms with Crippen molar-refractivity contribution in [2.45, 2.75) is 26.9 Å². The van der Waals surface area contributed by atoms with Gasteiger partial charge in [0.1, 0.15) is 0 Å². The van der Waals surface area contributed by atoms with Crippen LogP contribution in [0.2, 0.25) is 0 Å². The minimum Gasteiger partial charge on any atom is -0.493 e. The summed E-state index contributed by atoms with van der Waals surface area (Å²) in [6.45, 7) is 8.01. The van der Waals surface area contributed by atoms with Crippen LogP contribution < -0.4 is 9.47 Å². The summed E-state index contributed by atoms with van der Waals surface area (Å²) in [5, 5.41) is 0. The first-order chi connectivity index (χ1) is 14.9. The molecule has 0 aliphatic carbocycles. The van der Waals surface area contributed by atoms with E-state index in [1.54, 1.807) is 29.1 Å². The summed E-state index contributed by atoms with van der Waals surface area (Å²) in [7, 11) is 1.60. The van der Waals surface area contributed by atoms with Crippen LogP contribution in [0.3, 0.4) is 0 Å². The molecule has 1 fully saturated rings. The third-order valence-corrected chi connectivity index (χ3v) is 5.15. The van der Waals surface area contributed by atoms with Crippen molar-refractivity contribution < 1.29 is 19.1 Å². The van der Waals surface area contributed by atoms with Crippen molar-refractivity contribution in [1.82, 2.24) is 9.80 Å². The van der Waals surface area contributed by atoms with Gasteiger partial charge >= 0.3 is 0 Å². The van der Waals surface area contributed by atoms with Crippen LogP contribution in [-0.2, 0) is 4.79 Å². The first-order valence-electron chi connectivity index (χ1n) is 10.5. The molecule has 3 rings (SSSR count). The topological polar surface area (TPSA) is 59.1 Å². The van der Waals surface area contributed by atoms with E-state index in [1.807, 2.05) is 63.2 Å². The van der Waals surface area contributed by atoms with Crippen molar-refractivity contribution in [2.24, 2.45) is 0 Å². The van der Waals surface area contributed by atoms with E-state index < -0.39 is 0 Å². The van der Waals surface area contributed by atoms with Crippen molar-refractivity contribution in [2.75, 3.05) is 33.3 Å². The lowest BCUT2D eigenvalue weighted by Gasteiger charge is -2.34. The lowest BCUT2D eigenvalue weighted by atomic mass is 10.1. The van der Waals surface area contributed by atoms with Crippen LogP contribution in [-0.4, -0.2) is 61.0 Å². The summed E-state index contributed by atoms with van der Waals surface area (Å²) < 4.78 is 11.1. The van der Waals surface area contributed by atoms with Gasteiger partial charge in [0.25, 0.3) is 5.91 Å². The highest BCUT2D eigenvalue weighted by Crippen LogP contribution is 2.29. The molecule has 1 aliphatic heterocycles. The van der Waals surface area contributed by atoms with Crippen molar-refractivity contribution in [3.63, 3.8) is 0 Å². The Labute approximate surface area is 184 Å². The summed E-state index contributed by atoms with van der Waals surface area (Å²) in [5.41, 5.74) is 2.66. The van der Waals surface area contributed by atoms with Gasteiger partial charge in [-0.25, -0.2) is 0 Å². The molecule has 0 N–H and O–H groups in total. The fourth-order valence-electron chi connectivity index (χ4n) is 3.42. The van der Waals surface area contributed by atoms with Gasteiger partial charge in [-0.05, 0) is 56.7 Å². The standard InChI is InChI=1S/C25H30N2O4/c1-18(2)31-22-11-7-20(17-23(22)30-4)8-12-24(28)26-13-15-27(16-14-26)25(29)21-9-5-19(3)6-10-21/h5-12,17-18H,13-16H2,1-4H3/b12-8+. The summed E-state index contributed by atoms with van der Waals surface area (Å²) in [4.78, 5) is 28.8. The molecule has 2 aromatic rings. The summed E-state index contributed by atoms with van der Waals surface area (Å²) in [6.07, 6.45) is 3.39. The molecule has 2 amide bonds. The molecule has 2 aromatic carbocycles. The molecule has 1 aliphatic rings. The van der Waals surface area contributed by atoms with Crippen molar-refractivity contribution in [1.29, 1.82) is 0 Å². The Kier molecular flexibility index (Phi) is 7.34.